The minimum absolute atomic E-state index is 0.369. The van der Waals surface area contributed by atoms with Crippen LogP contribution in [0.5, 0.6) is 0 Å². The van der Waals surface area contributed by atoms with Crippen LogP contribution in [0.3, 0.4) is 0 Å². The van der Waals surface area contributed by atoms with Gasteiger partial charge in [-0.3, -0.25) is 0 Å². The number of aromatic carboxylic acids is 1. The van der Waals surface area contributed by atoms with Crippen molar-refractivity contribution in [3.8, 4) is 0 Å². The van der Waals surface area contributed by atoms with Crippen LogP contribution in [-0.2, 0) is 0 Å². The normalized spacial score (nSPS) is 30.3. The zero-order valence-electron chi connectivity index (χ0n) is 11.2. The van der Waals surface area contributed by atoms with Gasteiger partial charge in [-0.25, -0.2) is 4.79 Å². The molecule has 2 bridgehead atoms. The Balaban J connectivity index is 1.74. The van der Waals surface area contributed by atoms with Crippen molar-refractivity contribution in [2.45, 2.75) is 43.8 Å². The van der Waals surface area contributed by atoms with E-state index in [0.717, 1.165) is 18.5 Å². The number of rotatable bonds is 3. The van der Waals surface area contributed by atoms with Crippen LogP contribution in [-0.4, -0.2) is 41.1 Å². The van der Waals surface area contributed by atoms with Gasteiger partial charge < -0.3 is 15.3 Å². The van der Waals surface area contributed by atoms with E-state index in [1.165, 1.54) is 12.8 Å². The molecule has 4 nitrogen and oxygen atoms in total. The third kappa shape index (κ3) is 2.32. The lowest BCUT2D eigenvalue weighted by Crippen LogP contribution is -2.44. The van der Waals surface area contributed by atoms with Crippen molar-refractivity contribution in [1.29, 1.82) is 0 Å². The molecule has 102 valence electrons. The van der Waals surface area contributed by atoms with E-state index in [1.54, 1.807) is 12.1 Å². The summed E-state index contributed by atoms with van der Waals surface area (Å²) in [6, 6.07) is 8.90. The molecule has 0 amide bonds. The minimum Gasteiger partial charge on any atom is -0.478 e. The maximum atomic E-state index is 11.2. The van der Waals surface area contributed by atoms with Crippen LogP contribution in [0.2, 0.25) is 0 Å². The number of benzene rings is 1. The standard InChI is InChI=1S/C15H20N2O2/c1-17-11-6-7-12(17)9-10(8-11)16-14-5-3-2-4-13(14)15(18)19/h2-5,10-12,16H,6-9H2,1H3,(H,18,19). The molecular formula is C15H20N2O2. The first-order valence-electron chi connectivity index (χ1n) is 6.96. The smallest absolute Gasteiger partial charge is 0.337 e. The van der Waals surface area contributed by atoms with Gasteiger partial charge in [0.1, 0.15) is 0 Å². The molecule has 3 rings (SSSR count). The van der Waals surface area contributed by atoms with Gasteiger partial charge in [-0.1, -0.05) is 12.1 Å². The third-order valence-electron chi connectivity index (χ3n) is 4.62. The average molecular weight is 260 g/mol. The van der Waals surface area contributed by atoms with E-state index >= 15 is 0 Å². The number of para-hydroxylation sites is 1. The zero-order valence-corrected chi connectivity index (χ0v) is 11.2. The van der Waals surface area contributed by atoms with E-state index < -0.39 is 5.97 Å². The highest BCUT2D eigenvalue weighted by Crippen LogP contribution is 2.35. The number of carboxylic acids is 1. The van der Waals surface area contributed by atoms with Crippen molar-refractivity contribution in [3.63, 3.8) is 0 Å². The predicted octanol–water partition coefficient (Wildman–Crippen LogP) is 2.42. The lowest BCUT2D eigenvalue weighted by atomic mass is 9.97. The van der Waals surface area contributed by atoms with Crippen LogP contribution >= 0.6 is 0 Å². The summed E-state index contributed by atoms with van der Waals surface area (Å²) in [6.07, 6.45) is 4.78. The van der Waals surface area contributed by atoms with Crippen molar-refractivity contribution in [2.75, 3.05) is 12.4 Å². The second-order valence-corrected chi connectivity index (χ2v) is 5.71. The van der Waals surface area contributed by atoms with Crippen LogP contribution in [0.25, 0.3) is 0 Å². The SMILES string of the molecule is CN1C2CCC1CC(Nc1ccccc1C(=O)O)C2. The summed E-state index contributed by atoms with van der Waals surface area (Å²) in [5, 5.41) is 12.6. The number of carboxylic acid groups (broad SMARTS) is 1. The summed E-state index contributed by atoms with van der Waals surface area (Å²) >= 11 is 0. The minimum atomic E-state index is -0.862. The predicted molar refractivity (Wildman–Crippen MR) is 74.6 cm³/mol. The molecule has 0 spiro atoms. The van der Waals surface area contributed by atoms with E-state index in [4.69, 9.17) is 0 Å². The van der Waals surface area contributed by atoms with E-state index in [9.17, 15) is 9.90 Å². The number of nitrogens with one attached hydrogen (secondary N) is 1. The van der Waals surface area contributed by atoms with Gasteiger partial charge in [0.05, 0.1) is 5.56 Å². The molecule has 0 saturated carbocycles. The average Bonchev–Trinajstić information content (AvgIpc) is 2.63. The number of piperidine rings is 1. The number of anilines is 1. The molecular weight excluding hydrogens is 240 g/mol. The van der Waals surface area contributed by atoms with Crippen LogP contribution in [0.1, 0.15) is 36.0 Å². The van der Waals surface area contributed by atoms with Crippen molar-refractivity contribution in [2.24, 2.45) is 0 Å². The topological polar surface area (TPSA) is 52.6 Å². The maximum Gasteiger partial charge on any atom is 0.337 e. The van der Waals surface area contributed by atoms with Gasteiger partial charge in [-0.2, -0.15) is 0 Å². The van der Waals surface area contributed by atoms with Crippen LogP contribution < -0.4 is 5.32 Å². The second kappa shape index (κ2) is 4.85. The Hall–Kier alpha value is -1.55. The van der Waals surface area contributed by atoms with E-state index in [-0.39, 0.29) is 0 Å². The van der Waals surface area contributed by atoms with Gasteiger partial charge in [-0.05, 0) is 44.9 Å². The van der Waals surface area contributed by atoms with Gasteiger partial charge in [0.15, 0.2) is 0 Å². The molecule has 2 saturated heterocycles. The molecule has 4 heteroatoms. The van der Waals surface area contributed by atoms with E-state index in [0.29, 0.717) is 23.7 Å². The second-order valence-electron chi connectivity index (χ2n) is 5.71. The summed E-state index contributed by atoms with van der Waals surface area (Å²) in [7, 11) is 2.21. The van der Waals surface area contributed by atoms with Crippen LogP contribution in [0.4, 0.5) is 5.69 Å². The highest BCUT2D eigenvalue weighted by Gasteiger charge is 2.38. The molecule has 0 radical (unpaired) electrons. The molecule has 2 N–H and O–H groups in total. The fourth-order valence-corrected chi connectivity index (χ4v) is 3.54. The van der Waals surface area contributed by atoms with Gasteiger partial charge in [0, 0.05) is 23.8 Å². The first-order chi connectivity index (χ1) is 9.15. The monoisotopic (exact) mass is 260 g/mol. The molecule has 2 aliphatic rings. The number of fused-ring (bicyclic) bond motifs is 2. The first-order valence-corrected chi connectivity index (χ1v) is 6.96. The number of nitrogens with zero attached hydrogens (tertiary/aromatic N) is 1. The van der Waals surface area contributed by atoms with Gasteiger partial charge in [-0.15, -0.1) is 0 Å². The Bertz CT molecular complexity index is 475. The fraction of sp³-hybridized carbons (Fsp3) is 0.533. The summed E-state index contributed by atoms with van der Waals surface area (Å²) in [6.45, 7) is 0. The number of hydrogen-bond donors (Lipinski definition) is 2. The van der Waals surface area contributed by atoms with Gasteiger partial charge >= 0.3 is 5.97 Å². The molecule has 1 aromatic rings. The summed E-state index contributed by atoms with van der Waals surface area (Å²) in [5.41, 5.74) is 1.12. The van der Waals surface area contributed by atoms with Crippen molar-refractivity contribution in [3.05, 3.63) is 29.8 Å². The zero-order chi connectivity index (χ0) is 13.4. The molecule has 2 fully saturated rings. The lowest BCUT2D eigenvalue weighted by Gasteiger charge is -2.37. The Kier molecular flexibility index (Phi) is 3.19. The molecule has 2 heterocycles. The summed E-state index contributed by atoms with van der Waals surface area (Å²) in [5.74, 6) is -0.862. The molecule has 2 atom stereocenters. The fourth-order valence-electron chi connectivity index (χ4n) is 3.54. The number of hydrogen-bond acceptors (Lipinski definition) is 3. The quantitative estimate of drug-likeness (QED) is 0.876. The highest BCUT2D eigenvalue weighted by molar-refractivity contribution is 5.94. The first kappa shape index (κ1) is 12.5. The van der Waals surface area contributed by atoms with E-state index in [1.807, 2.05) is 12.1 Å². The molecule has 1 aromatic carbocycles. The molecule has 0 aliphatic carbocycles. The van der Waals surface area contributed by atoms with Crippen LogP contribution in [0, 0.1) is 0 Å². The van der Waals surface area contributed by atoms with E-state index in [2.05, 4.69) is 17.3 Å². The number of carbonyl (C=O) groups is 1. The van der Waals surface area contributed by atoms with Crippen molar-refractivity contribution >= 4 is 11.7 Å². The van der Waals surface area contributed by atoms with Crippen molar-refractivity contribution in [1.82, 2.24) is 4.90 Å². The summed E-state index contributed by atoms with van der Waals surface area (Å²) in [4.78, 5) is 13.7. The Labute approximate surface area is 113 Å². The lowest BCUT2D eigenvalue weighted by molar-refractivity contribution is 0.0698. The van der Waals surface area contributed by atoms with Crippen LogP contribution in [0.15, 0.2) is 24.3 Å². The molecule has 2 aliphatic heterocycles. The Morgan fingerprint density at radius 3 is 2.53 bits per heavy atom. The Morgan fingerprint density at radius 2 is 1.89 bits per heavy atom. The third-order valence-corrected chi connectivity index (χ3v) is 4.62. The maximum absolute atomic E-state index is 11.2. The highest BCUT2D eigenvalue weighted by atomic mass is 16.4. The van der Waals surface area contributed by atoms with Crippen molar-refractivity contribution < 1.29 is 9.90 Å². The molecule has 2 unspecified atom stereocenters. The largest absolute Gasteiger partial charge is 0.478 e. The molecule has 0 aromatic heterocycles. The molecule has 19 heavy (non-hydrogen) atoms. The van der Waals surface area contributed by atoms with Gasteiger partial charge in [0.2, 0.25) is 0 Å². The Morgan fingerprint density at radius 1 is 1.26 bits per heavy atom. The van der Waals surface area contributed by atoms with Gasteiger partial charge in [0.25, 0.3) is 0 Å². The summed E-state index contributed by atoms with van der Waals surface area (Å²) < 4.78 is 0.